The number of carbonyl (C=O) groups excluding carboxylic acids is 2. The molecule has 0 saturated carbocycles. The number of carbonyl (C=O) groups is 2. The third kappa shape index (κ3) is 3.82. The number of hydrogen-bond donors (Lipinski definition) is 2. The Balaban J connectivity index is 2.17. The van der Waals surface area contributed by atoms with Crippen LogP contribution in [0.4, 0.5) is 5.69 Å². The van der Waals surface area contributed by atoms with Crippen molar-refractivity contribution in [3.63, 3.8) is 0 Å². The number of hydrogen-bond acceptors (Lipinski definition) is 3. The average Bonchev–Trinajstić information content (AvgIpc) is 2.52. The Bertz CT molecular complexity index is 723. The minimum absolute atomic E-state index is 0.0816. The fourth-order valence-electron chi connectivity index (χ4n) is 1.95. The highest BCUT2D eigenvalue weighted by Gasteiger charge is 2.10. The van der Waals surface area contributed by atoms with Crippen LogP contribution in [0.2, 0.25) is 0 Å². The van der Waals surface area contributed by atoms with Crippen molar-refractivity contribution in [2.45, 2.75) is 13.5 Å². The molecule has 2 amide bonds. The van der Waals surface area contributed by atoms with Crippen LogP contribution in [-0.2, 0) is 11.3 Å². The standard InChI is InChI=1S/C16H17N3O3/c1-2-17-14(20)11-19-10-6-9-13(16(19)22)18-15(21)12-7-4-3-5-8-12/h3-10H,2,11H2,1H3,(H,17,20)(H,18,21). The van der Waals surface area contributed by atoms with Crippen molar-refractivity contribution < 1.29 is 9.59 Å². The van der Waals surface area contributed by atoms with Gasteiger partial charge in [0, 0.05) is 18.3 Å². The first kappa shape index (κ1) is 15.5. The predicted octanol–water partition coefficient (Wildman–Crippen LogP) is 1.24. The maximum Gasteiger partial charge on any atom is 0.274 e. The van der Waals surface area contributed by atoms with Crippen LogP contribution in [0.1, 0.15) is 17.3 Å². The molecule has 22 heavy (non-hydrogen) atoms. The SMILES string of the molecule is CCNC(=O)Cn1cccc(NC(=O)c2ccccc2)c1=O. The van der Waals surface area contributed by atoms with E-state index in [0.29, 0.717) is 12.1 Å². The van der Waals surface area contributed by atoms with E-state index in [-0.39, 0.29) is 24.0 Å². The van der Waals surface area contributed by atoms with Gasteiger partial charge in [-0.2, -0.15) is 0 Å². The van der Waals surface area contributed by atoms with Gasteiger partial charge in [0.2, 0.25) is 5.91 Å². The van der Waals surface area contributed by atoms with Gasteiger partial charge in [-0.3, -0.25) is 14.4 Å². The highest BCUT2D eigenvalue weighted by Crippen LogP contribution is 2.04. The summed E-state index contributed by atoms with van der Waals surface area (Å²) in [5.74, 6) is -0.621. The zero-order chi connectivity index (χ0) is 15.9. The van der Waals surface area contributed by atoms with Crippen LogP contribution in [0.25, 0.3) is 0 Å². The molecular formula is C16H17N3O3. The molecule has 0 aliphatic carbocycles. The molecule has 0 saturated heterocycles. The van der Waals surface area contributed by atoms with E-state index in [9.17, 15) is 14.4 Å². The number of benzene rings is 1. The number of amides is 2. The summed E-state index contributed by atoms with van der Waals surface area (Å²) in [4.78, 5) is 35.9. The zero-order valence-corrected chi connectivity index (χ0v) is 12.2. The molecule has 6 nitrogen and oxygen atoms in total. The molecule has 1 aromatic heterocycles. The maximum absolute atomic E-state index is 12.2. The molecule has 1 aromatic carbocycles. The molecule has 2 N–H and O–H groups in total. The average molecular weight is 299 g/mol. The first-order chi connectivity index (χ1) is 10.6. The number of aromatic nitrogens is 1. The Morgan fingerprint density at radius 2 is 1.82 bits per heavy atom. The molecule has 0 bridgehead atoms. The van der Waals surface area contributed by atoms with Crippen molar-refractivity contribution >= 4 is 17.5 Å². The van der Waals surface area contributed by atoms with Gasteiger partial charge in [0.1, 0.15) is 12.2 Å². The van der Waals surface area contributed by atoms with Gasteiger partial charge in [-0.15, -0.1) is 0 Å². The quantitative estimate of drug-likeness (QED) is 0.871. The fourth-order valence-corrected chi connectivity index (χ4v) is 1.95. The minimum Gasteiger partial charge on any atom is -0.355 e. The number of nitrogens with zero attached hydrogens (tertiary/aromatic N) is 1. The second-order valence-corrected chi connectivity index (χ2v) is 4.63. The van der Waals surface area contributed by atoms with E-state index in [0.717, 1.165) is 0 Å². The Morgan fingerprint density at radius 1 is 1.09 bits per heavy atom. The van der Waals surface area contributed by atoms with Crippen LogP contribution >= 0.6 is 0 Å². The fraction of sp³-hybridized carbons (Fsp3) is 0.188. The van der Waals surface area contributed by atoms with Gasteiger partial charge in [-0.25, -0.2) is 0 Å². The number of rotatable bonds is 5. The number of likely N-dealkylation sites (N-methyl/N-ethyl adjacent to an activating group) is 1. The van der Waals surface area contributed by atoms with Crippen molar-refractivity contribution in [3.8, 4) is 0 Å². The third-order valence-corrected chi connectivity index (χ3v) is 2.99. The Kier molecular flexibility index (Phi) is 5.08. The first-order valence-electron chi connectivity index (χ1n) is 6.94. The van der Waals surface area contributed by atoms with Crippen LogP contribution in [0.5, 0.6) is 0 Å². The molecule has 0 aliphatic heterocycles. The van der Waals surface area contributed by atoms with Crippen molar-refractivity contribution in [2.75, 3.05) is 11.9 Å². The second kappa shape index (κ2) is 7.21. The van der Waals surface area contributed by atoms with E-state index < -0.39 is 5.56 Å². The maximum atomic E-state index is 12.2. The minimum atomic E-state index is -0.418. The number of pyridine rings is 1. The Morgan fingerprint density at radius 3 is 2.50 bits per heavy atom. The van der Waals surface area contributed by atoms with Crippen molar-refractivity contribution in [1.82, 2.24) is 9.88 Å². The molecule has 1 heterocycles. The Hall–Kier alpha value is -2.89. The van der Waals surface area contributed by atoms with E-state index in [1.54, 1.807) is 43.3 Å². The summed E-state index contributed by atoms with van der Waals surface area (Å²) in [6.07, 6.45) is 1.51. The molecule has 0 atom stereocenters. The highest BCUT2D eigenvalue weighted by atomic mass is 16.2. The summed E-state index contributed by atoms with van der Waals surface area (Å²) in [6, 6.07) is 11.7. The lowest BCUT2D eigenvalue weighted by Gasteiger charge is -2.09. The van der Waals surface area contributed by atoms with Gasteiger partial charge in [-0.1, -0.05) is 18.2 Å². The third-order valence-electron chi connectivity index (χ3n) is 2.99. The van der Waals surface area contributed by atoms with Gasteiger partial charge < -0.3 is 15.2 Å². The van der Waals surface area contributed by atoms with Crippen LogP contribution < -0.4 is 16.2 Å². The summed E-state index contributed by atoms with van der Waals surface area (Å²) >= 11 is 0. The summed E-state index contributed by atoms with van der Waals surface area (Å²) in [5, 5.41) is 5.19. The lowest BCUT2D eigenvalue weighted by Crippen LogP contribution is -2.33. The Labute approximate surface area is 127 Å². The topological polar surface area (TPSA) is 80.2 Å². The number of anilines is 1. The van der Waals surface area contributed by atoms with Crippen molar-refractivity contribution in [3.05, 3.63) is 64.6 Å². The summed E-state index contributed by atoms with van der Waals surface area (Å²) in [5.41, 5.74) is 0.180. The van der Waals surface area contributed by atoms with Gasteiger partial charge in [0.25, 0.3) is 11.5 Å². The monoisotopic (exact) mass is 299 g/mol. The van der Waals surface area contributed by atoms with Crippen LogP contribution in [0, 0.1) is 0 Å². The molecule has 6 heteroatoms. The second-order valence-electron chi connectivity index (χ2n) is 4.63. The van der Waals surface area contributed by atoms with Gasteiger partial charge >= 0.3 is 0 Å². The van der Waals surface area contributed by atoms with Crippen molar-refractivity contribution in [1.29, 1.82) is 0 Å². The smallest absolute Gasteiger partial charge is 0.274 e. The van der Waals surface area contributed by atoms with Gasteiger partial charge in [0.05, 0.1) is 0 Å². The molecule has 0 unspecified atom stereocenters. The van der Waals surface area contributed by atoms with E-state index in [2.05, 4.69) is 10.6 Å². The molecule has 0 radical (unpaired) electrons. The van der Waals surface area contributed by atoms with E-state index in [1.807, 2.05) is 0 Å². The molecule has 2 rings (SSSR count). The normalized spacial score (nSPS) is 10.0. The zero-order valence-electron chi connectivity index (χ0n) is 12.2. The lowest BCUT2D eigenvalue weighted by molar-refractivity contribution is -0.121. The molecule has 2 aromatic rings. The van der Waals surface area contributed by atoms with E-state index in [1.165, 1.54) is 16.8 Å². The van der Waals surface area contributed by atoms with Crippen molar-refractivity contribution in [2.24, 2.45) is 0 Å². The molecule has 0 spiro atoms. The van der Waals surface area contributed by atoms with Crippen LogP contribution in [-0.4, -0.2) is 22.9 Å². The highest BCUT2D eigenvalue weighted by molar-refractivity contribution is 6.04. The van der Waals surface area contributed by atoms with Gasteiger partial charge in [0.15, 0.2) is 0 Å². The first-order valence-corrected chi connectivity index (χ1v) is 6.94. The van der Waals surface area contributed by atoms with E-state index >= 15 is 0 Å². The van der Waals surface area contributed by atoms with Gasteiger partial charge in [-0.05, 0) is 31.2 Å². The summed E-state index contributed by atoms with van der Waals surface area (Å²) in [7, 11) is 0. The molecule has 114 valence electrons. The predicted molar refractivity (Wildman–Crippen MR) is 83.8 cm³/mol. The summed E-state index contributed by atoms with van der Waals surface area (Å²) < 4.78 is 1.26. The molecular weight excluding hydrogens is 282 g/mol. The largest absolute Gasteiger partial charge is 0.355 e. The van der Waals surface area contributed by atoms with Crippen LogP contribution in [0.15, 0.2) is 53.5 Å². The molecule has 0 fully saturated rings. The lowest BCUT2D eigenvalue weighted by atomic mass is 10.2. The number of nitrogens with one attached hydrogen (secondary N) is 2. The summed E-state index contributed by atoms with van der Waals surface area (Å²) in [6.45, 7) is 2.22. The van der Waals surface area contributed by atoms with E-state index in [4.69, 9.17) is 0 Å². The molecule has 0 aliphatic rings. The van der Waals surface area contributed by atoms with Crippen LogP contribution in [0.3, 0.4) is 0 Å².